The van der Waals surface area contributed by atoms with E-state index in [2.05, 4.69) is 9.98 Å². The van der Waals surface area contributed by atoms with Crippen LogP contribution in [0.2, 0.25) is 0 Å². The summed E-state index contributed by atoms with van der Waals surface area (Å²) in [4.78, 5) is 20.8. The molecule has 7 nitrogen and oxygen atoms in total. The fourth-order valence-corrected chi connectivity index (χ4v) is 4.37. The number of carbonyl (C=O) groups excluding carboxylic acids is 1. The molecule has 162 valence electrons. The van der Waals surface area contributed by atoms with E-state index in [0.717, 1.165) is 33.9 Å². The molecule has 2 aromatic carbocycles. The molecule has 0 radical (unpaired) electrons. The zero-order valence-electron chi connectivity index (χ0n) is 18.0. The summed E-state index contributed by atoms with van der Waals surface area (Å²) in [5, 5.41) is 0.225. The van der Waals surface area contributed by atoms with Gasteiger partial charge >= 0.3 is 0 Å². The highest BCUT2D eigenvalue weighted by molar-refractivity contribution is 8.15. The Morgan fingerprint density at radius 3 is 2.58 bits per heavy atom. The molecule has 1 aromatic heterocycles. The zero-order valence-corrected chi connectivity index (χ0v) is 18.8. The Morgan fingerprint density at radius 1 is 1.13 bits per heavy atom. The van der Waals surface area contributed by atoms with Crippen LogP contribution >= 0.6 is 11.8 Å². The van der Waals surface area contributed by atoms with E-state index in [1.807, 2.05) is 67.9 Å². The van der Waals surface area contributed by atoms with E-state index >= 15 is 0 Å². The van der Waals surface area contributed by atoms with Crippen LogP contribution in [0.25, 0.3) is 11.0 Å². The highest BCUT2D eigenvalue weighted by Crippen LogP contribution is 2.28. The number of aryl methyl sites for hydroxylation is 1. The minimum atomic E-state index is -0.238. The van der Waals surface area contributed by atoms with Crippen LogP contribution in [-0.2, 0) is 29.6 Å². The number of hydrogen-bond donors (Lipinski definition) is 0. The van der Waals surface area contributed by atoms with Gasteiger partial charge in [-0.25, -0.2) is 4.98 Å². The highest BCUT2D eigenvalue weighted by Gasteiger charge is 2.30. The van der Waals surface area contributed by atoms with Crippen LogP contribution < -0.4 is 9.47 Å². The lowest BCUT2D eigenvalue weighted by molar-refractivity contribution is -0.117. The van der Waals surface area contributed by atoms with Crippen molar-refractivity contribution in [1.29, 1.82) is 0 Å². The number of amides is 1. The number of nitrogens with zero attached hydrogens (tertiary/aromatic N) is 3. The molecule has 2 heterocycles. The summed E-state index contributed by atoms with van der Waals surface area (Å²) in [5.41, 5.74) is 2.95. The van der Waals surface area contributed by atoms with Gasteiger partial charge in [-0.3, -0.25) is 4.79 Å². The monoisotopic (exact) mass is 439 g/mol. The summed E-state index contributed by atoms with van der Waals surface area (Å²) < 4.78 is 18.8. The third-order valence-corrected chi connectivity index (χ3v) is 5.99. The van der Waals surface area contributed by atoms with Gasteiger partial charge in [0.05, 0.1) is 29.5 Å². The van der Waals surface area contributed by atoms with Crippen molar-refractivity contribution in [3.05, 3.63) is 53.9 Å². The number of ether oxygens (including phenoxy) is 3. The van der Waals surface area contributed by atoms with Gasteiger partial charge in [-0.05, 0) is 50.1 Å². The van der Waals surface area contributed by atoms with E-state index in [0.29, 0.717) is 18.3 Å². The van der Waals surface area contributed by atoms with Gasteiger partial charge in [0.15, 0.2) is 0 Å². The number of aromatic nitrogens is 2. The largest absolute Gasteiger partial charge is 0.497 e. The smallest absolute Gasteiger partial charge is 0.263 e. The molecular formula is C23H25N3O4S. The fourth-order valence-electron chi connectivity index (χ4n) is 3.30. The average Bonchev–Trinajstić information content (AvgIpc) is 3.25. The Bertz CT molecular complexity index is 1120. The van der Waals surface area contributed by atoms with Crippen LogP contribution in [0.1, 0.15) is 25.2 Å². The second-order valence-corrected chi connectivity index (χ2v) is 8.72. The fraction of sp³-hybridized carbons (Fsp3) is 0.348. The van der Waals surface area contributed by atoms with Gasteiger partial charge in [0.25, 0.3) is 11.1 Å². The molecule has 1 amide bonds. The molecule has 31 heavy (non-hydrogen) atoms. The quantitative estimate of drug-likeness (QED) is 0.551. The Hall–Kier alpha value is -3.00. The molecule has 1 aliphatic rings. The third kappa shape index (κ3) is 4.85. The molecular weight excluding hydrogens is 414 g/mol. The van der Waals surface area contributed by atoms with Crippen molar-refractivity contribution < 1.29 is 19.0 Å². The minimum Gasteiger partial charge on any atom is -0.497 e. The first-order valence-corrected chi connectivity index (χ1v) is 11.0. The lowest BCUT2D eigenvalue weighted by Crippen LogP contribution is -2.14. The van der Waals surface area contributed by atoms with Crippen LogP contribution in [0.3, 0.4) is 0 Å². The van der Waals surface area contributed by atoms with Gasteiger partial charge in [-0.2, -0.15) is 4.99 Å². The third-order valence-electron chi connectivity index (χ3n) is 4.95. The first kappa shape index (κ1) is 21.2. The first-order chi connectivity index (χ1) is 14.9. The van der Waals surface area contributed by atoms with Crippen molar-refractivity contribution in [3.8, 4) is 11.5 Å². The van der Waals surface area contributed by atoms with Crippen molar-refractivity contribution in [2.24, 2.45) is 12.0 Å². The summed E-state index contributed by atoms with van der Waals surface area (Å²) in [6, 6.07) is 13.6. The molecule has 0 saturated heterocycles. The van der Waals surface area contributed by atoms with Gasteiger partial charge in [-0.1, -0.05) is 23.9 Å². The normalized spacial score (nSPS) is 16.1. The van der Waals surface area contributed by atoms with Crippen LogP contribution in [0.5, 0.6) is 11.5 Å². The van der Waals surface area contributed by atoms with Crippen LogP contribution in [0.4, 0.5) is 0 Å². The van der Waals surface area contributed by atoms with Crippen molar-refractivity contribution in [2.45, 2.75) is 38.2 Å². The topological polar surface area (TPSA) is 74.9 Å². The van der Waals surface area contributed by atoms with E-state index in [9.17, 15) is 4.79 Å². The highest BCUT2D eigenvalue weighted by atomic mass is 32.2. The second kappa shape index (κ2) is 9.01. The molecule has 4 rings (SSSR count). The summed E-state index contributed by atoms with van der Waals surface area (Å²) >= 11 is 1.39. The van der Waals surface area contributed by atoms with Crippen LogP contribution in [0, 0.1) is 0 Å². The number of benzene rings is 2. The lowest BCUT2D eigenvalue weighted by Gasteiger charge is -2.10. The molecule has 1 unspecified atom stereocenters. The van der Waals surface area contributed by atoms with Gasteiger partial charge in [0.2, 0.25) is 0 Å². The van der Waals surface area contributed by atoms with Crippen LogP contribution in [-0.4, -0.2) is 39.2 Å². The van der Waals surface area contributed by atoms with Gasteiger partial charge in [0.1, 0.15) is 23.9 Å². The maximum Gasteiger partial charge on any atom is 0.263 e. The number of hydrogen-bond acceptors (Lipinski definition) is 6. The lowest BCUT2D eigenvalue weighted by atomic mass is 10.1. The van der Waals surface area contributed by atoms with Gasteiger partial charge in [-0.15, -0.1) is 0 Å². The van der Waals surface area contributed by atoms with E-state index in [-0.39, 0.29) is 17.3 Å². The van der Waals surface area contributed by atoms with E-state index in [4.69, 9.17) is 14.2 Å². The molecule has 0 spiro atoms. The molecule has 8 heteroatoms. The molecule has 0 aliphatic carbocycles. The van der Waals surface area contributed by atoms with E-state index in [1.165, 1.54) is 11.8 Å². The van der Waals surface area contributed by atoms with Crippen molar-refractivity contribution in [3.63, 3.8) is 0 Å². The summed E-state index contributed by atoms with van der Waals surface area (Å²) in [7, 11) is 3.62. The van der Waals surface area contributed by atoms with Gasteiger partial charge < -0.3 is 18.8 Å². The molecule has 0 N–H and O–H groups in total. The number of imidazole rings is 1. The summed E-state index contributed by atoms with van der Waals surface area (Å²) in [6.45, 7) is 4.20. The van der Waals surface area contributed by atoms with Gasteiger partial charge in [0, 0.05) is 13.1 Å². The molecule has 0 fully saturated rings. The average molecular weight is 440 g/mol. The summed E-state index contributed by atoms with van der Waals surface area (Å²) in [5.74, 6) is 2.24. The van der Waals surface area contributed by atoms with Crippen molar-refractivity contribution in [2.75, 3.05) is 7.11 Å². The predicted octanol–water partition coefficient (Wildman–Crippen LogP) is 4.13. The molecule has 3 aromatic rings. The maximum atomic E-state index is 12.1. The number of fused-ring (bicyclic) bond motifs is 1. The Labute approximate surface area is 185 Å². The molecule has 0 bridgehead atoms. The Morgan fingerprint density at radius 2 is 1.87 bits per heavy atom. The summed E-state index contributed by atoms with van der Waals surface area (Å²) in [6.07, 6.45) is 0.609. The number of aliphatic imine (C=N–C) groups is 1. The second-order valence-electron chi connectivity index (χ2n) is 7.57. The molecule has 0 saturated carbocycles. The van der Waals surface area contributed by atoms with E-state index < -0.39 is 0 Å². The van der Waals surface area contributed by atoms with E-state index in [1.54, 1.807) is 7.11 Å². The number of carbonyl (C=O) groups is 1. The Balaban J connectivity index is 1.36. The number of rotatable bonds is 7. The SMILES string of the molecule is COc1ccc2nc(COc3ccc(CC4SC(OC(C)C)=NC4=O)cc3)n(C)c2c1. The van der Waals surface area contributed by atoms with Crippen molar-refractivity contribution in [1.82, 2.24) is 9.55 Å². The first-order valence-electron chi connectivity index (χ1n) is 10.1. The van der Waals surface area contributed by atoms with Crippen LogP contribution in [0.15, 0.2) is 47.5 Å². The van der Waals surface area contributed by atoms with Crippen molar-refractivity contribution >= 4 is 33.9 Å². The standard InChI is InChI=1S/C23H25N3O4S/c1-14(2)30-23-25-22(27)20(31-23)11-15-5-7-16(8-6-15)29-13-21-24-18-10-9-17(28-4)12-19(18)26(21)3/h5-10,12,14,20H,11,13H2,1-4H3. The Kier molecular flexibility index (Phi) is 6.18. The predicted molar refractivity (Wildman–Crippen MR) is 122 cm³/mol. The zero-order chi connectivity index (χ0) is 22.0. The number of thioether (sulfide) groups is 1. The number of methoxy groups -OCH3 is 1. The maximum absolute atomic E-state index is 12.1. The minimum absolute atomic E-state index is 0.00701. The molecule has 1 aliphatic heterocycles. The molecule has 1 atom stereocenters.